The van der Waals surface area contributed by atoms with Crippen LogP contribution >= 0.6 is 0 Å². The van der Waals surface area contributed by atoms with Crippen molar-refractivity contribution in [2.24, 2.45) is 5.41 Å². The SMILES string of the molecule is CCC1CN(C)CCCN1CC(C)(C)C(C)O. The first kappa shape index (κ1) is 14.9. The maximum Gasteiger partial charge on any atom is 0.0575 e. The van der Waals surface area contributed by atoms with Gasteiger partial charge in [-0.1, -0.05) is 20.8 Å². The van der Waals surface area contributed by atoms with E-state index in [1.54, 1.807) is 0 Å². The third kappa shape index (κ3) is 4.23. The van der Waals surface area contributed by atoms with E-state index in [-0.39, 0.29) is 11.5 Å². The molecule has 0 spiro atoms. The Balaban J connectivity index is 2.66. The van der Waals surface area contributed by atoms with Crippen molar-refractivity contribution in [1.29, 1.82) is 0 Å². The van der Waals surface area contributed by atoms with Crippen LogP contribution in [-0.4, -0.2) is 60.3 Å². The highest BCUT2D eigenvalue weighted by molar-refractivity contribution is 4.84. The highest BCUT2D eigenvalue weighted by Gasteiger charge is 2.31. The van der Waals surface area contributed by atoms with Crippen LogP contribution in [0.3, 0.4) is 0 Å². The quantitative estimate of drug-likeness (QED) is 0.814. The van der Waals surface area contributed by atoms with Crippen molar-refractivity contribution in [3.63, 3.8) is 0 Å². The Bertz CT molecular complexity index is 228. The molecule has 3 nitrogen and oxygen atoms in total. The highest BCUT2D eigenvalue weighted by Crippen LogP contribution is 2.25. The lowest BCUT2D eigenvalue weighted by atomic mass is 9.86. The standard InChI is InChI=1S/C14H30N2O/c1-6-13-10-15(5)8-7-9-16(13)11-14(3,4)12(2)17/h12-13,17H,6-11H2,1-5H3. The van der Waals surface area contributed by atoms with E-state index in [0.29, 0.717) is 6.04 Å². The maximum atomic E-state index is 9.85. The van der Waals surface area contributed by atoms with Crippen LogP contribution in [0.5, 0.6) is 0 Å². The molecule has 0 amide bonds. The molecule has 1 N–H and O–H groups in total. The first-order chi connectivity index (χ1) is 7.86. The molecule has 17 heavy (non-hydrogen) atoms. The van der Waals surface area contributed by atoms with Crippen molar-refractivity contribution in [1.82, 2.24) is 9.80 Å². The normalized spacial score (nSPS) is 26.8. The third-order valence-corrected chi connectivity index (χ3v) is 4.24. The molecule has 1 saturated heterocycles. The van der Waals surface area contributed by atoms with Crippen molar-refractivity contribution >= 4 is 0 Å². The minimum Gasteiger partial charge on any atom is -0.393 e. The summed E-state index contributed by atoms with van der Waals surface area (Å²) in [5.74, 6) is 0. The molecule has 0 bridgehead atoms. The molecule has 3 heteroatoms. The van der Waals surface area contributed by atoms with Crippen LogP contribution in [0, 0.1) is 5.41 Å². The second-order valence-electron chi connectivity index (χ2n) is 6.31. The summed E-state index contributed by atoms with van der Waals surface area (Å²) in [6.45, 7) is 13.0. The van der Waals surface area contributed by atoms with Crippen molar-refractivity contribution < 1.29 is 5.11 Å². The Kier molecular flexibility index (Phi) is 5.42. The summed E-state index contributed by atoms with van der Waals surface area (Å²) in [5.41, 5.74) is -0.0175. The molecule has 0 radical (unpaired) electrons. The van der Waals surface area contributed by atoms with Gasteiger partial charge in [0.1, 0.15) is 0 Å². The average molecular weight is 242 g/mol. The number of hydrogen-bond donors (Lipinski definition) is 1. The number of hydrogen-bond acceptors (Lipinski definition) is 3. The predicted molar refractivity (Wildman–Crippen MR) is 73.2 cm³/mol. The molecule has 1 fully saturated rings. The van der Waals surface area contributed by atoms with Gasteiger partial charge in [-0.3, -0.25) is 4.90 Å². The van der Waals surface area contributed by atoms with Gasteiger partial charge in [0.15, 0.2) is 0 Å². The average Bonchev–Trinajstić information content (AvgIpc) is 2.39. The van der Waals surface area contributed by atoms with Crippen LogP contribution in [0.1, 0.15) is 40.5 Å². The maximum absolute atomic E-state index is 9.85. The second kappa shape index (κ2) is 6.17. The summed E-state index contributed by atoms with van der Waals surface area (Å²) in [6.07, 6.45) is 2.18. The molecule has 2 atom stereocenters. The molecule has 0 aliphatic carbocycles. The Morgan fingerprint density at radius 2 is 2.00 bits per heavy atom. The van der Waals surface area contributed by atoms with Gasteiger partial charge in [0.2, 0.25) is 0 Å². The lowest BCUT2D eigenvalue weighted by Crippen LogP contribution is -2.47. The van der Waals surface area contributed by atoms with E-state index in [1.807, 2.05) is 6.92 Å². The zero-order chi connectivity index (χ0) is 13.1. The molecule has 0 aromatic rings. The van der Waals surface area contributed by atoms with Gasteiger partial charge in [-0.2, -0.15) is 0 Å². The Labute approximate surface area is 107 Å². The molecule has 0 aromatic heterocycles. The molecule has 102 valence electrons. The minimum atomic E-state index is -0.249. The molecular weight excluding hydrogens is 212 g/mol. The van der Waals surface area contributed by atoms with Crippen molar-refractivity contribution in [3.05, 3.63) is 0 Å². The van der Waals surface area contributed by atoms with Crippen LogP contribution in [0.15, 0.2) is 0 Å². The van der Waals surface area contributed by atoms with Gasteiger partial charge in [0.05, 0.1) is 6.10 Å². The van der Waals surface area contributed by atoms with Crippen LogP contribution in [0.2, 0.25) is 0 Å². The van der Waals surface area contributed by atoms with Crippen LogP contribution < -0.4 is 0 Å². The zero-order valence-corrected chi connectivity index (χ0v) is 12.2. The number of rotatable bonds is 4. The molecular formula is C14H30N2O. The number of nitrogens with zero attached hydrogens (tertiary/aromatic N) is 2. The Hall–Kier alpha value is -0.120. The minimum absolute atomic E-state index is 0.0175. The predicted octanol–water partition coefficient (Wildman–Crippen LogP) is 1.81. The van der Waals surface area contributed by atoms with Gasteiger partial charge >= 0.3 is 0 Å². The van der Waals surface area contributed by atoms with Gasteiger partial charge in [0.25, 0.3) is 0 Å². The summed E-state index contributed by atoms with van der Waals surface area (Å²) in [6, 6.07) is 0.639. The van der Waals surface area contributed by atoms with Gasteiger partial charge in [-0.05, 0) is 39.9 Å². The van der Waals surface area contributed by atoms with E-state index in [1.165, 1.54) is 25.9 Å². The van der Waals surface area contributed by atoms with E-state index in [9.17, 15) is 5.11 Å². The summed E-state index contributed by atoms with van der Waals surface area (Å²) in [5, 5.41) is 9.85. The van der Waals surface area contributed by atoms with E-state index in [0.717, 1.165) is 13.1 Å². The number of aliphatic hydroxyl groups is 1. The van der Waals surface area contributed by atoms with E-state index >= 15 is 0 Å². The summed E-state index contributed by atoms with van der Waals surface area (Å²) < 4.78 is 0. The first-order valence-electron chi connectivity index (χ1n) is 6.97. The Morgan fingerprint density at radius 1 is 1.35 bits per heavy atom. The lowest BCUT2D eigenvalue weighted by molar-refractivity contribution is 0.0218. The van der Waals surface area contributed by atoms with Gasteiger partial charge in [-0.15, -0.1) is 0 Å². The number of likely N-dealkylation sites (N-methyl/N-ethyl adjacent to an activating group) is 1. The van der Waals surface area contributed by atoms with Gasteiger partial charge in [0, 0.05) is 24.5 Å². The molecule has 0 saturated carbocycles. The summed E-state index contributed by atoms with van der Waals surface area (Å²) in [7, 11) is 2.21. The van der Waals surface area contributed by atoms with Crippen LogP contribution in [-0.2, 0) is 0 Å². The lowest BCUT2D eigenvalue weighted by Gasteiger charge is -2.38. The summed E-state index contributed by atoms with van der Waals surface area (Å²) >= 11 is 0. The van der Waals surface area contributed by atoms with Gasteiger partial charge in [-0.25, -0.2) is 0 Å². The molecule has 1 rings (SSSR count). The van der Waals surface area contributed by atoms with Crippen molar-refractivity contribution in [3.8, 4) is 0 Å². The van der Waals surface area contributed by atoms with E-state index in [2.05, 4.69) is 37.6 Å². The first-order valence-corrected chi connectivity index (χ1v) is 6.97. The molecule has 2 unspecified atom stereocenters. The molecule has 1 aliphatic heterocycles. The topological polar surface area (TPSA) is 26.7 Å². The Morgan fingerprint density at radius 3 is 2.53 bits per heavy atom. The molecule has 1 aliphatic rings. The number of aliphatic hydroxyl groups excluding tert-OH is 1. The summed E-state index contributed by atoms with van der Waals surface area (Å²) in [4.78, 5) is 5.01. The fraction of sp³-hybridized carbons (Fsp3) is 1.00. The monoisotopic (exact) mass is 242 g/mol. The third-order valence-electron chi connectivity index (χ3n) is 4.24. The fourth-order valence-electron chi connectivity index (χ4n) is 2.54. The fourth-order valence-corrected chi connectivity index (χ4v) is 2.54. The second-order valence-corrected chi connectivity index (χ2v) is 6.31. The molecule has 0 aromatic carbocycles. The van der Waals surface area contributed by atoms with Crippen LogP contribution in [0.4, 0.5) is 0 Å². The van der Waals surface area contributed by atoms with Crippen molar-refractivity contribution in [2.75, 3.05) is 33.2 Å². The highest BCUT2D eigenvalue weighted by atomic mass is 16.3. The van der Waals surface area contributed by atoms with Gasteiger partial charge < -0.3 is 10.0 Å². The van der Waals surface area contributed by atoms with E-state index in [4.69, 9.17) is 0 Å². The largest absolute Gasteiger partial charge is 0.393 e. The molecule has 1 heterocycles. The van der Waals surface area contributed by atoms with E-state index < -0.39 is 0 Å². The smallest absolute Gasteiger partial charge is 0.0575 e. The van der Waals surface area contributed by atoms with Crippen molar-refractivity contribution in [2.45, 2.75) is 52.7 Å². The van der Waals surface area contributed by atoms with Crippen LogP contribution in [0.25, 0.3) is 0 Å². The zero-order valence-electron chi connectivity index (χ0n) is 12.2.